The molecule has 2 aromatic carbocycles. The van der Waals surface area contributed by atoms with Gasteiger partial charge in [0.2, 0.25) is 11.8 Å². The number of carbonyl (C=O) groups is 1. The van der Waals surface area contributed by atoms with E-state index in [0.717, 1.165) is 0 Å². The standard InChI is InChI=1S/C19H14ClFN2O3/c20-13-3-6-17-16(9-13)23(7-8-25-17)18(24)10-15-11-26-19(22-15)12-1-4-14(21)5-2-12/h1-6,9,11H,7-8,10H2. The maximum atomic E-state index is 13.0. The summed E-state index contributed by atoms with van der Waals surface area (Å²) >= 11 is 6.04. The molecule has 1 aromatic heterocycles. The van der Waals surface area contributed by atoms with Crippen molar-refractivity contribution in [1.82, 2.24) is 4.98 Å². The predicted octanol–water partition coefficient (Wildman–Crippen LogP) is 4.10. The van der Waals surface area contributed by atoms with E-state index in [0.29, 0.717) is 46.8 Å². The summed E-state index contributed by atoms with van der Waals surface area (Å²) < 4.78 is 24.0. The molecule has 0 atom stereocenters. The number of hydrogen-bond donors (Lipinski definition) is 0. The maximum Gasteiger partial charge on any atom is 0.233 e. The van der Waals surface area contributed by atoms with Crippen LogP contribution < -0.4 is 9.64 Å². The van der Waals surface area contributed by atoms with Crippen LogP contribution in [0.5, 0.6) is 5.75 Å². The molecule has 1 aliphatic rings. The minimum Gasteiger partial charge on any atom is -0.490 e. The number of carbonyl (C=O) groups excluding carboxylic acids is 1. The van der Waals surface area contributed by atoms with Crippen LogP contribution in [0.25, 0.3) is 11.5 Å². The number of ether oxygens (including phenoxy) is 1. The van der Waals surface area contributed by atoms with Crippen molar-refractivity contribution in [2.45, 2.75) is 6.42 Å². The Hall–Kier alpha value is -2.86. The van der Waals surface area contributed by atoms with Crippen LogP contribution in [0.1, 0.15) is 5.69 Å². The summed E-state index contributed by atoms with van der Waals surface area (Å²) in [5.74, 6) is 0.510. The lowest BCUT2D eigenvalue weighted by atomic mass is 10.2. The molecule has 0 fully saturated rings. The Balaban J connectivity index is 1.53. The van der Waals surface area contributed by atoms with Crippen molar-refractivity contribution in [3.05, 3.63) is 65.3 Å². The summed E-state index contributed by atoms with van der Waals surface area (Å²) in [5, 5.41) is 0.534. The molecule has 0 saturated heterocycles. The summed E-state index contributed by atoms with van der Waals surface area (Å²) in [6.45, 7) is 0.856. The smallest absolute Gasteiger partial charge is 0.233 e. The summed E-state index contributed by atoms with van der Waals surface area (Å²) in [7, 11) is 0. The van der Waals surface area contributed by atoms with Crippen molar-refractivity contribution in [1.29, 1.82) is 0 Å². The lowest BCUT2D eigenvalue weighted by Crippen LogP contribution is -2.38. The van der Waals surface area contributed by atoms with Crippen LogP contribution in [-0.2, 0) is 11.2 Å². The van der Waals surface area contributed by atoms with Crippen molar-refractivity contribution in [3.8, 4) is 17.2 Å². The van der Waals surface area contributed by atoms with Crippen LogP contribution in [0.4, 0.5) is 10.1 Å². The van der Waals surface area contributed by atoms with Crippen LogP contribution in [0.15, 0.2) is 53.1 Å². The van der Waals surface area contributed by atoms with Gasteiger partial charge >= 0.3 is 0 Å². The lowest BCUT2D eigenvalue weighted by Gasteiger charge is -2.29. The van der Waals surface area contributed by atoms with E-state index in [4.69, 9.17) is 20.8 Å². The topological polar surface area (TPSA) is 55.6 Å². The van der Waals surface area contributed by atoms with Gasteiger partial charge in [-0.15, -0.1) is 0 Å². The quantitative estimate of drug-likeness (QED) is 0.694. The van der Waals surface area contributed by atoms with Gasteiger partial charge in [0, 0.05) is 10.6 Å². The van der Waals surface area contributed by atoms with Gasteiger partial charge in [-0.2, -0.15) is 0 Å². The molecule has 3 aromatic rings. The third-order valence-corrected chi connectivity index (χ3v) is 4.30. The highest BCUT2D eigenvalue weighted by Crippen LogP contribution is 2.34. The van der Waals surface area contributed by atoms with Crippen molar-refractivity contribution in [2.75, 3.05) is 18.1 Å². The summed E-state index contributed by atoms with van der Waals surface area (Å²) in [6.07, 6.45) is 1.52. The van der Waals surface area contributed by atoms with Crippen LogP contribution >= 0.6 is 11.6 Å². The predicted molar refractivity (Wildman–Crippen MR) is 94.9 cm³/mol. The zero-order valence-corrected chi connectivity index (χ0v) is 14.4. The first-order chi connectivity index (χ1) is 12.6. The number of aromatic nitrogens is 1. The van der Waals surface area contributed by atoms with Crippen molar-refractivity contribution in [2.24, 2.45) is 0 Å². The van der Waals surface area contributed by atoms with Crippen LogP contribution in [0.3, 0.4) is 0 Å². The highest BCUT2D eigenvalue weighted by Gasteiger charge is 2.25. The molecule has 0 spiro atoms. The molecule has 0 bridgehead atoms. The second-order valence-corrected chi connectivity index (χ2v) is 6.27. The van der Waals surface area contributed by atoms with Gasteiger partial charge in [0.25, 0.3) is 0 Å². The first-order valence-corrected chi connectivity index (χ1v) is 8.41. The first-order valence-electron chi connectivity index (χ1n) is 8.03. The summed E-state index contributed by atoms with van der Waals surface area (Å²) in [5.41, 5.74) is 1.80. The van der Waals surface area contributed by atoms with Crippen molar-refractivity contribution >= 4 is 23.2 Å². The van der Waals surface area contributed by atoms with E-state index in [1.807, 2.05) is 0 Å². The number of nitrogens with zero attached hydrogens (tertiary/aromatic N) is 2. The molecule has 5 nitrogen and oxygen atoms in total. The fourth-order valence-electron chi connectivity index (χ4n) is 2.81. The molecule has 7 heteroatoms. The molecule has 0 unspecified atom stereocenters. The molecule has 2 heterocycles. The van der Waals surface area contributed by atoms with Crippen molar-refractivity contribution < 1.29 is 18.3 Å². The van der Waals surface area contributed by atoms with Crippen LogP contribution in [0, 0.1) is 5.82 Å². The first kappa shape index (κ1) is 16.6. The Morgan fingerprint density at radius 1 is 1.23 bits per heavy atom. The number of amides is 1. The van der Waals surface area contributed by atoms with Gasteiger partial charge < -0.3 is 14.1 Å². The van der Waals surface area contributed by atoms with Gasteiger partial charge in [-0.25, -0.2) is 9.37 Å². The van der Waals surface area contributed by atoms with Gasteiger partial charge in [0.15, 0.2) is 0 Å². The molecule has 0 aliphatic carbocycles. The van der Waals surface area contributed by atoms with E-state index in [1.54, 1.807) is 35.2 Å². The Morgan fingerprint density at radius 3 is 2.85 bits per heavy atom. The molecule has 26 heavy (non-hydrogen) atoms. The minimum absolute atomic E-state index is 0.0800. The lowest BCUT2D eigenvalue weighted by molar-refractivity contribution is -0.118. The summed E-state index contributed by atoms with van der Waals surface area (Å²) in [4.78, 5) is 18.7. The van der Waals surface area contributed by atoms with Gasteiger partial charge in [0.05, 0.1) is 24.3 Å². The van der Waals surface area contributed by atoms with Gasteiger partial charge in [-0.05, 0) is 42.5 Å². The zero-order valence-electron chi connectivity index (χ0n) is 13.6. The number of rotatable bonds is 3. The molecular weight excluding hydrogens is 359 g/mol. The highest BCUT2D eigenvalue weighted by atomic mass is 35.5. The third kappa shape index (κ3) is 3.28. The molecular formula is C19H14ClFN2O3. The van der Waals surface area contributed by atoms with E-state index in [1.165, 1.54) is 18.4 Å². The summed E-state index contributed by atoms with van der Waals surface area (Å²) in [6, 6.07) is 11.0. The van der Waals surface area contributed by atoms with Crippen molar-refractivity contribution in [3.63, 3.8) is 0 Å². The number of fused-ring (bicyclic) bond motifs is 1. The normalized spacial score (nSPS) is 13.2. The second kappa shape index (κ2) is 6.80. The minimum atomic E-state index is -0.333. The monoisotopic (exact) mass is 372 g/mol. The fourth-order valence-corrected chi connectivity index (χ4v) is 2.98. The Labute approximate surface area is 154 Å². The molecule has 0 saturated carbocycles. The van der Waals surface area contributed by atoms with Gasteiger partial charge in [-0.3, -0.25) is 4.79 Å². The van der Waals surface area contributed by atoms with E-state index in [-0.39, 0.29) is 18.1 Å². The van der Waals surface area contributed by atoms with E-state index in [9.17, 15) is 9.18 Å². The number of oxazole rings is 1. The van der Waals surface area contributed by atoms with E-state index < -0.39 is 0 Å². The number of halogens is 2. The Morgan fingerprint density at radius 2 is 2.04 bits per heavy atom. The largest absolute Gasteiger partial charge is 0.490 e. The number of anilines is 1. The third-order valence-electron chi connectivity index (χ3n) is 4.06. The molecule has 1 amide bonds. The SMILES string of the molecule is O=C(Cc1coc(-c2ccc(F)cc2)n1)N1CCOc2ccc(Cl)cc21. The van der Waals surface area contributed by atoms with Gasteiger partial charge in [-0.1, -0.05) is 11.6 Å². The Bertz CT molecular complexity index is 956. The average Bonchev–Trinajstić information content (AvgIpc) is 3.10. The van der Waals surface area contributed by atoms with Crippen LogP contribution in [0.2, 0.25) is 5.02 Å². The van der Waals surface area contributed by atoms with Crippen LogP contribution in [-0.4, -0.2) is 24.0 Å². The zero-order chi connectivity index (χ0) is 18.1. The molecule has 4 rings (SSSR count). The van der Waals surface area contributed by atoms with Gasteiger partial charge in [0.1, 0.15) is 24.4 Å². The maximum absolute atomic E-state index is 13.0. The van der Waals surface area contributed by atoms with E-state index in [2.05, 4.69) is 4.98 Å². The number of hydrogen-bond acceptors (Lipinski definition) is 4. The highest BCUT2D eigenvalue weighted by molar-refractivity contribution is 6.31. The van der Waals surface area contributed by atoms with E-state index >= 15 is 0 Å². The average molecular weight is 373 g/mol. The molecule has 0 N–H and O–H groups in total. The molecule has 132 valence electrons. The second-order valence-electron chi connectivity index (χ2n) is 5.83. The molecule has 1 aliphatic heterocycles. The fraction of sp³-hybridized carbons (Fsp3) is 0.158. The Kier molecular flexibility index (Phi) is 4.34. The number of benzene rings is 2. The molecule has 0 radical (unpaired) electrons.